The Bertz CT molecular complexity index is 420. The highest BCUT2D eigenvalue weighted by Gasteiger charge is 2.26. The summed E-state index contributed by atoms with van der Waals surface area (Å²) in [5.41, 5.74) is 1.95. The van der Waals surface area contributed by atoms with Crippen LogP contribution >= 0.6 is 0 Å². The predicted octanol–water partition coefficient (Wildman–Crippen LogP) is 3.09. The summed E-state index contributed by atoms with van der Waals surface area (Å²) in [4.78, 5) is 12.1. The van der Waals surface area contributed by atoms with Crippen LogP contribution in [0.15, 0.2) is 36.4 Å². The zero-order valence-corrected chi connectivity index (χ0v) is 9.53. The molecule has 16 heavy (non-hydrogen) atoms. The van der Waals surface area contributed by atoms with Gasteiger partial charge < -0.3 is 4.74 Å². The Kier molecular flexibility index (Phi) is 3.09. The fourth-order valence-corrected chi connectivity index (χ4v) is 2.10. The Morgan fingerprint density at radius 2 is 2.25 bits per heavy atom. The van der Waals surface area contributed by atoms with Crippen molar-refractivity contribution in [1.82, 2.24) is 0 Å². The van der Waals surface area contributed by atoms with Gasteiger partial charge in [-0.1, -0.05) is 30.4 Å². The van der Waals surface area contributed by atoms with E-state index in [-0.39, 0.29) is 11.7 Å². The molecule has 0 saturated heterocycles. The highest BCUT2D eigenvalue weighted by molar-refractivity contribution is 5.88. The van der Waals surface area contributed by atoms with Crippen molar-refractivity contribution in [3.8, 4) is 5.75 Å². The van der Waals surface area contributed by atoms with Gasteiger partial charge in [0.1, 0.15) is 11.5 Å². The lowest BCUT2D eigenvalue weighted by Crippen LogP contribution is -2.21. The normalized spacial score (nSPS) is 18.4. The lowest BCUT2D eigenvalue weighted by Gasteiger charge is -2.24. The molecule has 1 aromatic rings. The van der Waals surface area contributed by atoms with Gasteiger partial charge in [0.25, 0.3) is 0 Å². The lowest BCUT2D eigenvalue weighted by molar-refractivity contribution is -0.120. The number of para-hydroxylation sites is 1. The summed E-state index contributed by atoms with van der Waals surface area (Å²) >= 11 is 0. The molecule has 1 aliphatic heterocycles. The van der Waals surface area contributed by atoms with Gasteiger partial charge in [0.2, 0.25) is 0 Å². The molecule has 1 atom stereocenters. The molecule has 0 bridgehead atoms. The maximum atomic E-state index is 12.1. The Labute approximate surface area is 95.9 Å². The zero-order chi connectivity index (χ0) is 11.5. The van der Waals surface area contributed by atoms with Crippen LogP contribution in [0.1, 0.15) is 31.2 Å². The highest BCUT2D eigenvalue weighted by Crippen LogP contribution is 2.34. The molecule has 2 heteroatoms. The number of hydrogen-bond acceptors (Lipinski definition) is 2. The van der Waals surface area contributed by atoms with E-state index in [1.165, 1.54) is 0 Å². The summed E-state index contributed by atoms with van der Waals surface area (Å²) in [7, 11) is 0. The predicted molar refractivity (Wildman–Crippen MR) is 63.7 cm³/mol. The number of carbonyl (C=O) groups is 1. The van der Waals surface area contributed by atoms with Crippen molar-refractivity contribution in [2.24, 2.45) is 0 Å². The van der Waals surface area contributed by atoms with Gasteiger partial charge in [0, 0.05) is 17.9 Å². The van der Waals surface area contributed by atoms with Crippen LogP contribution in [0.3, 0.4) is 0 Å². The Morgan fingerprint density at radius 3 is 3.00 bits per heavy atom. The number of hydrogen-bond donors (Lipinski definition) is 0. The number of allylic oxidation sites excluding steroid dienone is 1. The topological polar surface area (TPSA) is 26.3 Å². The van der Waals surface area contributed by atoms with Crippen molar-refractivity contribution in [2.75, 3.05) is 6.61 Å². The number of carbonyl (C=O) groups excluding carboxylic acids is 1. The molecule has 0 amide bonds. The summed E-state index contributed by atoms with van der Waals surface area (Å²) in [6, 6.07) is 7.80. The minimum atomic E-state index is -0.0124. The van der Waals surface area contributed by atoms with Crippen LogP contribution < -0.4 is 4.74 Å². The molecule has 0 N–H and O–H groups in total. The maximum absolute atomic E-state index is 12.1. The van der Waals surface area contributed by atoms with Crippen LogP contribution in [-0.4, -0.2) is 12.4 Å². The van der Waals surface area contributed by atoms with Crippen molar-refractivity contribution in [3.05, 3.63) is 42.0 Å². The van der Waals surface area contributed by atoms with E-state index in [9.17, 15) is 4.79 Å². The third-order valence-corrected chi connectivity index (χ3v) is 2.82. The second-order valence-electron chi connectivity index (χ2n) is 4.33. The van der Waals surface area contributed by atoms with E-state index < -0.39 is 0 Å². The van der Waals surface area contributed by atoms with E-state index in [0.29, 0.717) is 13.0 Å². The summed E-state index contributed by atoms with van der Waals surface area (Å²) in [6.07, 6.45) is 1.25. The quantitative estimate of drug-likeness (QED) is 0.726. The average Bonchev–Trinajstić information content (AvgIpc) is 2.27. The van der Waals surface area contributed by atoms with E-state index in [4.69, 9.17) is 4.74 Å². The number of fused-ring (bicyclic) bond motifs is 1. The fourth-order valence-electron chi connectivity index (χ4n) is 2.10. The Hall–Kier alpha value is -1.57. The molecule has 0 radical (unpaired) electrons. The third-order valence-electron chi connectivity index (χ3n) is 2.82. The number of benzene rings is 1. The molecule has 2 nitrogen and oxygen atoms in total. The highest BCUT2D eigenvalue weighted by atomic mass is 16.5. The molecule has 1 aromatic carbocycles. The van der Waals surface area contributed by atoms with Gasteiger partial charge in [-0.15, -0.1) is 0 Å². The molecular weight excluding hydrogens is 200 g/mol. The summed E-state index contributed by atoms with van der Waals surface area (Å²) in [6.45, 7) is 6.31. The van der Waals surface area contributed by atoms with Crippen LogP contribution in [0.2, 0.25) is 0 Å². The minimum Gasteiger partial charge on any atom is -0.493 e. The first-order valence-electron chi connectivity index (χ1n) is 5.57. The fraction of sp³-hybridized carbons (Fsp3) is 0.357. The molecule has 1 heterocycles. The minimum absolute atomic E-state index is 0.0124. The van der Waals surface area contributed by atoms with E-state index in [2.05, 4.69) is 6.58 Å². The largest absolute Gasteiger partial charge is 0.493 e. The molecule has 0 aliphatic carbocycles. The van der Waals surface area contributed by atoms with E-state index >= 15 is 0 Å². The summed E-state index contributed by atoms with van der Waals surface area (Å²) in [5.74, 6) is 1.10. The van der Waals surface area contributed by atoms with Crippen LogP contribution in [-0.2, 0) is 4.79 Å². The standard InChI is InChI=1S/C14H16O2/c1-10(2)9-13(15)11-7-8-16-14-6-4-3-5-12(11)14/h3-6,11H,1,7-9H2,2H3. The van der Waals surface area contributed by atoms with E-state index in [1.54, 1.807) is 0 Å². The van der Waals surface area contributed by atoms with E-state index in [0.717, 1.165) is 23.3 Å². The second-order valence-corrected chi connectivity index (χ2v) is 4.33. The number of ether oxygens (including phenoxy) is 1. The van der Waals surface area contributed by atoms with Crippen molar-refractivity contribution >= 4 is 5.78 Å². The first-order chi connectivity index (χ1) is 7.68. The Balaban J connectivity index is 2.24. The van der Waals surface area contributed by atoms with Gasteiger partial charge in [0.15, 0.2) is 0 Å². The van der Waals surface area contributed by atoms with Gasteiger partial charge in [-0.3, -0.25) is 4.79 Å². The summed E-state index contributed by atoms with van der Waals surface area (Å²) in [5, 5.41) is 0. The number of rotatable bonds is 3. The molecule has 2 rings (SSSR count). The molecule has 0 spiro atoms. The monoisotopic (exact) mass is 216 g/mol. The van der Waals surface area contributed by atoms with E-state index in [1.807, 2.05) is 31.2 Å². The van der Waals surface area contributed by atoms with Crippen molar-refractivity contribution < 1.29 is 9.53 Å². The van der Waals surface area contributed by atoms with Gasteiger partial charge in [-0.2, -0.15) is 0 Å². The SMILES string of the molecule is C=C(C)CC(=O)C1CCOc2ccccc21. The smallest absolute Gasteiger partial charge is 0.144 e. The van der Waals surface area contributed by atoms with Crippen molar-refractivity contribution in [3.63, 3.8) is 0 Å². The lowest BCUT2D eigenvalue weighted by atomic mass is 9.87. The van der Waals surface area contributed by atoms with Crippen molar-refractivity contribution in [1.29, 1.82) is 0 Å². The molecule has 84 valence electrons. The molecule has 0 aromatic heterocycles. The van der Waals surface area contributed by atoms with Crippen LogP contribution in [0.4, 0.5) is 0 Å². The van der Waals surface area contributed by atoms with Gasteiger partial charge in [-0.05, 0) is 19.4 Å². The maximum Gasteiger partial charge on any atom is 0.144 e. The van der Waals surface area contributed by atoms with Gasteiger partial charge in [-0.25, -0.2) is 0 Å². The molecular formula is C14H16O2. The van der Waals surface area contributed by atoms with Crippen molar-refractivity contribution in [2.45, 2.75) is 25.7 Å². The Morgan fingerprint density at radius 1 is 1.50 bits per heavy atom. The molecule has 0 saturated carbocycles. The first kappa shape index (κ1) is 10.9. The number of ketones is 1. The van der Waals surface area contributed by atoms with Crippen LogP contribution in [0.25, 0.3) is 0 Å². The molecule has 1 unspecified atom stereocenters. The van der Waals surface area contributed by atoms with Gasteiger partial charge in [0.05, 0.1) is 6.61 Å². The number of Topliss-reactive ketones (excluding diaryl/α,β-unsaturated/α-hetero) is 1. The second kappa shape index (κ2) is 4.52. The average molecular weight is 216 g/mol. The third kappa shape index (κ3) is 2.16. The first-order valence-corrected chi connectivity index (χ1v) is 5.57. The zero-order valence-electron chi connectivity index (χ0n) is 9.53. The summed E-state index contributed by atoms with van der Waals surface area (Å²) < 4.78 is 5.53. The van der Waals surface area contributed by atoms with Crippen LogP contribution in [0.5, 0.6) is 5.75 Å². The molecule has 0 fully saturated rings. The molecule has 1 aliphatic rings. The van der Waals surface area contributed by atoms with Crippen LogP contribution in [0, 0.1) is 0 Å². The van der Waals surface area contributed by atoms with Gasteiger partial charge >= 0.3 is 0 Å².